The Balaban J connectivity index is 2.28. The van der Waals surface area contributed by atoms with Gasteiger partial charge >= 0.3 is 0 Å². The van der Waals surface area contributed by atoms with Crippen molar-refractivity contribution in [1.82, 2.24) is 4.90 Å². The molecule has 0 aliphatic carbocycles. The average molecular weight is 285 g/mol. The molecule has 1 heterocycles. The molecule has 1 fully saturated rings. The lowest BCUT2D eigenvalue weighted by Crippen LogP contribution is -2.42. The number of morpholine rings is 1. The highest BCUT2D eigenvalue weighted by Gasteiger charge is 2.27. The van der Waals surface area contributed by atoms with Gasteiger partial charge in [-0.15, -0.1) is 0 Å². The molecule has 3 nitrogen and oxygen atoms in total. The second-order valence-electron chi connectivity index (χ2n) is 4.35. The summed E-state index contributed by atoms with van der Waals surface area (Å²) in [7, 11) is 0. The molecule has 0 radical (unpaired) electrons. The summed E-state index contributed by atoms with van der Waals surface area (Å²) in [6.45, 7) is 4.09. The number of hydrogen-bond donors (Lipinski definition) is 0. The third kappa shape index (κ3) is 2.78. The van der Waals surface area contributed by atoms with Crippen molar-refractivity contribution in [1.29, 1.82) is 5.26 Å². The van der Waals surface area contributed by atoms with Crippen LogP contribution in [-0.2, 0) is 4.74 Å². The van der Waals surface area contributed by atoms with Gasteiger partial charge in [-0.25, -0.2) is 0 Å². The van der Waals surface area contributed by atoms with E-state index in [4.69, 9.17) is 27.9 Å². The second-order valence-corrected chi connectivity index (χ2v) is 5.14. The standard InChI is InChI=1S/C13H14Cl2N2O/c1-9-8-17(5-6-18-9)12(7-16)10-3-2-4-11(14)13(10)15/h2-4,9,12H,5-6,8H2,1H3. The molecule has 0 N–H and O–H groups in total. The van der Waals surface area contributed by atoms with Crippen molar-refractivity contribution in [2.24, 2.45) is 0 Å². The third-order valence-corrected chi connectivity index (χ3v) is 3.87. The minimum atomic E-state index is -0.373. The maximum atomic E-state index is 9.40. The van der Waals surface area contributed by atoms with Gasteiger partial charge in [0, 0.05) is 18.7 Å². The largest absolute Gasteiger partial charge is 0.376 e. The summed E-state index contributed by atoms with van der Waals surface area (Å²) in [5, 5.41) is 10.3. The highest BCUT2D eigenvalue weighted by Crippen LogP contribution is 2.33. The van der Waals surface area contributed by atoms with Crippen LogP contribution in [0.5, 0.6) is 0 Å². The van der Waals surface area contributed by atoms with Gasteiger partial charge in [0.2, 0.25) is 0 Å². The molecule has 2 unspecified atom stereocenters. The summed E-state index contributed by atoms with van der Waals surface area (Å²) in [6.07, 6.45) is 0.132. The van der Waals surface area contributed by atoms with Gasteiger partial charge in [0.05, 0.1) is 28.8 Å². The summed E-state index contributed by atoms with van der Waals surface area (Å²) in [4.78, 5) is 2.08. The van der Waals surface area contributed by atoms with E-state index >= 15 is 0 Å². The molecular formula is C13H14Cl2N2O. The van der Waals surface area contributed by atoms with Crippen LogP contribution < -0.4 is 0 Å². The molecule has 0 amide bonds. The van der Waals surface area contributed by atoms with Crippen LogP contribution in [0, 0.1) is 11.3 Å². The summed E-state index contributed by atoms with van der Waals surface area (Å²) in [5.41, 5.74) is 0.765. The van der Waals surface area contributed by atoms with Crippen LogP contribution in [0.3, 0.4) is 0 Å². The molecule has 1 aliphatic rings. The molecule has 5 heteroatoms. The molecule has 0 bridgehead atoms. The minimum Gasteiger partial charge on any atom is -0.376 e. The van der Waals surface area contributed by atoms with E-state index in [0.717, 1.165) is 18.7 Å². The van der Waals surface area contributed by atoms with Crippen molar-refractivity contribution in [3.63, 3.8) is 0 Å². The molecule has 2 atom stereocenters. The summed E-state index contributed by atoms with van der Waals surface area (Å²) >= 11 is 12.2. The lowest BCUT2D eigenvalue weighted by molar-refractivity contribution is -0.0268. The van der Waals surface area contributed by atoms with Gasteiger partial charge in [-0.05, 0) is 13.0 Å². The number of nitriles is 1. The van der Waals surface area contributed by atoms with Crippen LogP contribution in [0.25, 0.3) is 0 Å². The van der Waals surface area contributed by atoms with Crippen molar-refractivity contribution in [2.45, 2.75) is 19.1 Å². The number of rotatable bonds is 2. The SMILES string of the molecule is CC1CN(C(C#N)c2cccc(Cl)c2Cl)CCO1. The fourth-order valence-electron chi connectivity index (χ4n) is 2.16. The third-order valence-electron chi connectivity index (χ3n) is 3.04. The summed E-state index contributed by atoms with van der Waals surface area (Å²) < 4.78 is 5.48. The first-order valence-electron chi connectivity index (χ1n) is 5.82. The predicted molar refractivity (Wildman–Crippen MR) is 71.8 cm³/mol. The zero-order valence-corrected chi connectivity index (χ0v) is 11.6. The van der Waals surface area contributed by atoms with Crippen LogP contribution in [-0.4, -0.2) is 30.7 Å². The van der Waals surface area contributed by atoms with Gasteiger partial charge in [-0.1, -0.05) is 35.3 Å². The number of ether oxygens (including phenoxy) is 1. The first-order chi connectivity index (χ1) is 8.63. The first-order valence-corrected chi connectivity index (χ1v) is 6.58. The van der Waals surface area contributed by atoms with Crippen LogP contribution in [0.1, 0.15) is 18.5 Å². The minimum absolute atomic E-state index is 0.132. The Hall–Kier alpha value is -0.790. The number of benzene rings is 1. The quantitative estimate of drug-likeness (QED) is 0.836. The van der Waals surface area contributed by atoms with Crippen molar-refractivity contribution in [3.8, 4) is 6.07 Å². The van der Waals surface area contributed by atoms with Crippen molar-refractivity contribution < 1.29 is 4.74 Å². The smallest absolute Gasteiger partial charge is 0.125 e. The van der Waals surface area contributed by atoms with E-state index in [1.165, 1.54) is 0 Å². The topological polar surface area (TPSA) is 36.3 Å². The average Bonchev–Trinajstić information content (AvgIpc) is 2.35. The molecule has 18 heavy (non-hydrogen) atoms. The van der Waals surface area contributed by atoms with Crippen molar-refractivity contribution in [2.75, 3.05) is 19.7 Å². The molecule has 2 rings (SSSR count). The molecule has 96 valence electrons. The lowest BCUT2D eigenvalue weighted by atomic mass is 10.1. The zero-order chi connectivity index (χ0) is 13.1. The molecule has 0 saturated carbocycles. The van der Waals surface area contributed by atoms with E-state index in [-0.39, 0.29) is 12.1 Å². The van der Waals surface area contributed by atoms with Crippen LogP contribution >= 0.6 is 23.2 Å². The van der Waals surface area contributed by atoms with E-state index in [0.29, 0.717) is 16.7 Å². The molecule has 1 aromatic rings. The Bertz CT molecular complexity index is 473. The highest BCUT2D eigenvalue weighted by molar-refractivity contribution is 6.42. The van der Waals surface area contributed by atoms with Crippen molar-refractivity contribution in [3.05, 3.63) is 33.8 Å². The normalized spacial score (nSPS) is 22.4. The molecule has 1 aromatic carbocycles. The van der Waals surface area contributed by atoms with E-state index in [1.54, 1.807) is 6.07 Å². The van der Waals surface area contributed by atoms with E-state index in [2.05, 4.69) is 11.0 Å². The van der Waals surface area contributed by atoms with Crippen molar-refractivity contribution >= 4 is 23.2 Å². The number of halogens is 2. The highest BCUT2D eigenvalue weighted by atomic mass is 35.5. The fraction of sp³-hybridized carbons (Fsp3) is 0.462. The van der Waals surface area contributed by atoms with Gasteiger partial charge in [0.25, 0.3) is 0 Å². The van der Waals surface area contributed by atoms with Crippen LogP contribution in [0.4, 0.5) is 0 Å². The second kappa shape index (κ2) is 5.90. The molecule has 0 spiro atoms. The van der Waals surface area contributed by atoms with Gasteiger partial charge in [0.1, 0.15) is 6.04 Å². The zero-order valence-electron chi connectivity index (χ0n) is 10.1. The Morgan fingerprint density at radius 3 is 2.94 bits per heavy atom. The molecule has 1 saturated heterocycles. The van der Waals surface area contributed by atoms with E-state index in [1.807, 2.05) is 19.1 Å². The summed E-state index contributed by atoms with van der Waals surface area (Å²) in [5.74, 6) is 0. The Morgan fingerprint density at radius 2 is 2.28 bits per heavy atom. The first kappa shape index (κ1) is 13.6. The Morgan fingerprint density at radius 1 is 1.50 bits per heavy atom. The van der Waals surface area contributed by atoms with E-state index in [9.17, 15) is 5.26 Å². The van der Waals surface area contributed by atoms with Crippen LogP contribution in [0.15, 0.2) is 18.2 Å². The maximum absolute atomic E-state index is 9.40. The fourth-order valence-corrected chi connectivity index (χ4v) is 2.57. The van der Waals surface area contributed by atoms with Gasteiger partial charge in [-0.3, -0.25) is 4.90 Å². The lowest BCUT2D eigenvalue weighted by Gasteiger charge is -2.34. The number of hydrogen-bond acceptors (Lipinski definition) is 3. The monoisotopic (exact) mass is 284 g/mol. The molecule has 1 aliphatic heterocycles. The Kier molecular flexibility index (Phi) is 4.47. The van der Waals surface area contributed by atoms with E-state index < -0.39 is 0 Å². The van der Waals surface area contributed by atoms with Gasteiger partial charge in [0.15, 0.2) is 0 Å². The van der Waals surface area contributed by atoms with Gasteiger partial charge < -0.3 is 4.74 Å². The summed E-state index contributed by atoms with van der Waals surface area (Å²) in [6, 6.07) is 7.32. The van der Waals surface area contributed by atoms with Crippen LogP contribution in [0.2, 0.25) is 10.0 Å². The number of nitrogens with zero attached hydrogens (tertiary/aromatic N) is 2. The predicted octanol–water partition coefficient (Wildman–Crippen LogP) is 3.28. The molecule has 0 aromatic heterocycles. The van der Waals surface area contributed by atoms with Gasteiger partial charge in [-0.2, -0.15) is 5.26 Å². The maximum Gasteiger partial charge on any atom is 0.125 e. The Labute approximate surface area is 117 Å². The molecular weight excluding hydrogens is 271 g/mol.